The number of allylic oxidation sites excluding steroid dienone is 1. The molecule has 1 fully saturated rings. The predicted molar refractivity (Wildman–Crippen MR) is 98.2 cm³/mol. The molecule has 1 aliphatic rings. The first kappa shape index (κ1) is 16.6. The van der Waals surface area contributed by atoms with Crippen LogP contribution in [0, 0.1) is 0 Å². The summed E-state index contributed by atoms with van der Waals surface area (Å²) in [6.45, 7) is 7.12. The Balaban J connectivity index is 1.52. The van der Waals surface area contributed by atoms with Crippen molar-refractivity contribution in [3.05, 3.63) is 71.8 Å². The number of rotatable bonds is 5. The summed E-state index contributed by atoms with van der Waals surface area (Å²) in [4.78, 5) is 2.49. The van der Waals surface area contributed by atoms with E-state index >= 15 is 0 Å². The lowest BCUT2D eigenvalue weighted by atomic mass is 10.1. The van der Waals surface area contributed by atoms with E-state index in [-0.39, 0.29) is 0 Å². The Morgan fingerprint density at radius 1 is 1.00 bits per heavy atom. The van der Waals surface area contributed by atoms with E-state index in [1.807, 2.05) is 19.1 Å². The zero-order chi connectivity index (χ0) is 16.8. The third-order valence-corrected chi connectivity index (χ3v) is 4.37. The van der Waals surface area contributed by atoms with Crippen molar-refractivity contribution in [1.29, 1.82) is 0 Å². The Kier molecular flexibility index (Phi) is 5.51. The number of hydrogen-bond acceptors (Lipinski definition) is 4. The lowest BCUT2D eigenvalue weighted by Crippen LogP contribution is -2.50. The molecule has 1 saturated heterocycles. The summed E-state index contributed by atoms with van der Waals surface area (Å²) in [7, 11) is 0. The monoisotopic (exact) mass is 323 g/mol. The highest BCUT2D eigenvalue weighted by Crippen LogP contribution is 2.17. The minimum absolute atomic E-state index is 0.295. The maximum absolute atomic E-state index is 9.43. The van der Waals surface area contributed by atoms with E-state index in [1.165, 1.54) is 5.56 Å². The number of benzene rings is 2. The third kappa shape index (κ3) is 4.37. The molecule has 1 aliphatic heterocycles. The quantitative estimate of drug-likeness (QED) is 0.887. The van der Waals surface area contributed by atoms with Gasteiger partial charge in [-0.3, -0.25) is 4.90 Å². The van der Waals surface area contributed by atoms with E-state index in [9.17, 15) is 5.11 Å². The Morgan fingerprint density at radius 3 is 2.29 bits per heavy atom. The number of phenols is 1. The number of piperazine rings is 1. The summed E-state index contributed by atoms with van der Waals surface area (Å²) in [6, 6.07) is 17.9. The van der Waals surface area contributed by atoms with Crippen molar-refractivity contribution in [2.45, 2.75) is 13.5 Å². The Hall–Kier alpha value is -2.30. The van der Waals surface area contributed by atoms with Crippen molar-refractivity contribution in [2.75, 3.05) is 26.2 Å². The van der Waals surface area contributed by atoms with Gasteiger partial charge in [-0.2, -0.15) is 0 Å². The molecular formula is C20H25N3O. The van der Waals surface area contributed by atoms with Crippen LogP contribution in [-0.4, -0.2) is 41.2 Å². The highest BCUT2D eigenvalue weighted by Gasteiger charge is 2.17. The van der Waals surface area contributed by atoms with E-state index in [0.29, 0.717) is 5.75 Å². The van der Waals surface area contributed by atoms with Crippen LogP contribution < -0.4 is 5.43 Å². The minimum Gasteiger partial charge on any atom is -0.508 e. The fourth-order valence-corrected chi connectivity index (χ4v) is 2.97. The van der Waals surface area contributed by atoms with Gasteiger partial charge < -0.3 is 10.5 Å². The van der Waals surface area contributed by atoms with Crippen LogP contribution >= 0.6 is 0 Å². The molecule has 0 atom stereocenters. The maximum atomic E-state index is 9.43. The normalized spacial score (nSPS) is 17.0. The van der Waals surface area contributed by atoms with Gasteiger partial charge in [0.25, 0.3) is 0 Å². The molecule has 126 valence electrons. The maximum Gasteiger partial charge on any atom is 0.115 e. The van der Waals surface area contributed by atoms with Gasteiger partial charge in [-0.05, 0) is 42.3 Å². The zero-order valence-corrected chi connectivity index (χ0v) is 14.2. The van der Waals surface area contributed by atoms with Gasteiger partial charge >= 0.3 is 0 Å². The zero-order valence-electron chi connectivity index (χ0n) is 14.2. The van der Waals surface area contributed by atoms with Crippen LogP contribution in [0.15, 0.2) is 60.7 Å². The molecule has 24 heavy (non-hydrogen) atoms. The van der Waals surface area contributed by atoms with Gasteiger partial charge in [0.15, 0.2) is 0 Å². The first-order valence-corrected chi connectivity index (χ1v) is 8.48. The Morgan fingerprint density at radius 2 is 1.67 bits per heavy atom. The molecule has 2 aromatic carbocycles. The van der Waals surface area contributed by atoms with Crippen LogP contribution in [0.2, 0.25) is 0 Å². The van der Waals surface area contributed by atoms with Crippen LogP contribution in [0.1, 0.15) is 18.1 Å². The molecular weight excluding hydrogens is 298 g/mol. The Labute approximate surface area is 144 Å². The molecule has 4 heteroatoms. The van der Waals surface area contributed by atoms with Gasteiger partial charge in [0.1, 0.15) is 5.75 Å². The lowest BCUT2D eigenvalue weighted by molar-refractivity contribution is 0.104. The molecule has 0 spiro atoms. The highest BCUT2D eigenvalue weighted by atomic mass is 16.3. The number of phenolic OH excluding ortho intramolecular Hbond substituents is 1. The van der Waals surface area contributed by atoms with E-state index < -0.39 is 0 Å². The van der Waals surface area contributed by atoms with Crippen LogP contribution in [0.3, 0.4) is 0 Å². The minimum atomic E-state index is 0.295. The van der Waals surface area contributed by atoms with Crippen molar-refractivity contribution >= 4 is 5.70 Å². The molecule has 0 aliphatic carbocycles. The van der Waals surface area contributed by atoms with Crippen molar-refractivity contribution in [2.24, 2.45) is 0 Å². The largest absolute Gasteiger partial charge is 0.508 e. The summed E-state index contributed by atoms with van der Waals surface area (Å²) in [5, 5.41) is 11.7. The van der Waals surface area contributed by atoms with Crippen LogP contribution in [-0.2, 0) is 6.54 Å². The number of nitrogens with zero attached hydrogens (tertiary/aromatic N) is 2. The SMILES string of the molecule is C/C=C(\NN1CCN(Cc2ccccc2)CC1)c1ccc(O)cc1. The van der Waals surface area contributed by atoms with Crippen molar-refractivity contribution in [3.8, 4) is 5.75 Å². The smallest absolute Gasteiger partial charge is 0.115 e. The first-order chi connectivity index (χ1) is 11.7. The van der Waals surface area contributed by atoms with Crippen LogP contribution in [0.4, 0.5) is 0 Å². The van der Waals surface area contributed by atoms with Crippen LogP contribution in [0.5, 0.6) is 5.75 Å². The van der Waals surface area contributed by atoms with Crippen LogP contribution in [0.25, 0.3) is 5.70 Å². The molecule has 0 aromatic heterocycles. The lowest BCUT2D eigenvalue weighted by Gasteiger charge is -2.35. The summed E-state index contributed by atoms with van der Waals surface area (Å²) in [5.74, 6) is 0.295. The fraction of sp³-hybridized carbons (Fsp3) is 0.300. The molecule has 4 nitrogen and oxygen atoms in total. The average molecular weight is 323 g/mol. The Bertz CT molecular complexity index is 659. The van der Waals surface area contributed by atoms with E-state index in [1.54, 1.807) is 12.1 Å². The first-order valence-electron chi connectivity index (χ1n) is 8.48. The molecule has 3 rings (SSSR count). The van der Waals surface area contributed by atoms with E-state index in [0.717, 1.165) is 44.0 Å². The molecule has 2 N–H and O–H groups in total. The van der Waals surface area contributed by atoms with E-state index in [4.69, 9.17) is 0 Å². The molecule has 0 bridgehead atoms. The van der Waals surface area contributed by atoms with Gasteiger partial charge in [0, 0.05) is 32.7 Å². The molecule has 0 unspecified atom stereocenters. The average Bonchev–Trinajstić information content (AvgIpc) is 2.63. The number of nitrogens with one attached hydrogen (secondary N) is 1. The van der Waals surface area contributed by atoms with Crippen molar-refractivity contribution in [3.63, 3.8) is 0 Å². The number of hydrogen-bond donors (Lipinski definition) is 2. The fourth-order valence-electron chi connectivity index (χ4n) is 2.97. The topological polar surface area (TPSA) is 38.7 Å². The van der Waals surface area contributed by atoms with Gasteiger partial charge in [-0.1, -0.05) is 36.4 Å². The summed E-state index contributed by atoms with van der Waals surface area (Å²) < 4.78 is 0. The summed E-state index contributed by atoms with van der Waals surface area (Å²) in [5.41, 5.74) is 7.04. The van der Waals surface area contributed by atoms with E-state index in [2.05, 4.69) is 51.7 Å². The molecule has 2 aromatic rings. The molecule has 0 saturated carbocycles. The predicted octanol–water partition coefficient (Wildman–Crippen LogP) is 3.08. The van der Waals surface area contributed by atoms with Gasteiger partial charge in [0.05, 0.1) is 5.70 Å². The molecule has 0 amide bonds. The van der Waals surface area contributed by atoms with Gasteiger partial charge in [0.2, 0.25) is 0 Å². The van der Waals surface area contributed by atoms with Gasteiger partial charge in [-0.15, -0.1) is 0 Å². The van der Waals surface area contributed by atoms with Gasteiger partial charge in [-0.25, -0.2) is 5.01 Å². The highest BCUT2D eigenvalue weighted by molar-refractivity contribution is 5.63. The summed E-state index contributed by atoms with van der Waals surface area (Å²) >= 11 is 0. The standard InChI is InChI=1S/C20H25N3O/c1-2-20(18-8-10-19(24)11-9-18)21-23-14-12-22(13-15-23)16-17-6-4-3-5-7-17/h2-11,21,24H,12-16H2,1H3/b20-2-. The third-order valence-electron chi connectivity index (χ3n) is 4.37. The van der Waals surface area contributed by atoms with Crippen molar-refractivity contribution < 1.29 is 5.11 Å². The number of aromatic hydroxyl groups is 1. The molecule has 1 heterocycles. The molecule has 0 radical (unpaired) electrons. The second kappa shape index (κ2) is 7.99. The second-order valence-electron chi connectivity index (χ2n) is 6.11. The second-order valence-corrected chi connectivity index (χ2v) is 6.11. The summed E-state index contributed by atoms with van der Waals surface area (Å²) in [6.07, 6.45) is 2.07. The van der Waals surface area contributed by atoms with Crippen molar-refractivity contribution in [1.82, 2.24) is 15.3 Å². The number of hydrazine groups is 1.